The summed E-state index contributed by atoms with van der Waals surface area (Å²) < 4.78 is 69.4. The van der Waals surface area contributed by atoms with E-state index in [2.05, 4.69) is 65.7 Å². The molecule has 0 aliphatic rings. The van der Waals surface area contributed by atoms with Crippen LogP contribution in [0.3, 0.4) is 0 Å². The van der Waals surface area contributed by atoms with E-state index in [-0.39, 0.29) is 18.9 Å². The molecule has 1 aromatic heterocycles. The first-order valence-electron chi connectivity index (χ1n) is 17.5. The third kappa shape index (κ3) is 31.8. The molecule has 0 unspecified atom stereocenters. The standard InChI is InChI=1S/C16H36N4O4P2Si.C8H17NO4P2.C7H17N3Si/c1-23-26(22,24-2)15-19(14-25(3,4)21)12-16-13-20(18-17-16)10-8-9-11-27(5,6)7;1-6-9(7-14(4,5)10)8-15(11,12-2)13-3;1-11(2,3)7-5-4-6-9-10-8/h13H,8-12,14-15H2,1-7H3;1H,7-8H2,2-5H3;4-7H2,1-3H3. The second-order valence-electron chi connectivity index (χ2n) is 16.1. The fourth-order valence-electron chi connectivity index (χ4n) is 4.56. The molecule has 0 atom stereocenters. The molecule has 0 N–H and O–H groups in total. The van der Waals surface area contributed by atoms with E-state index in [9.17, 15) is 18.3 Å². The summed E-state index contributed by atoms with van der Waals surface area (Å²) in [6, 6.07) is 4.97. The molecule has 53 heavy (non-hydrogen) atoms. The van der Waals surface area contributed by atoms with E-state index in [0.717, 1.165) is 25.1 Å². The van der Waals surface area contributed by atoms with Gasteiger partial charge in [0.25, 0.3) is 0 Å². The molecule has 1 rings (SSSR count). The number of aromatic nitrogens is 3. The first kappa shape index (κ1) is 54.1. The van der Waals surface area contributed by atoms with Crippen LogP contribution in [0.15, 0.2) is 11.3 Å². The molecular formula is C31H70N8O8P4Si2. The molecule has 0 spiro atoms. The summed E-state index contributed by atoms with van der Waals surface area (Å²) in [7, 11) is -7.62. The fourth-order valence-corrected chi connectivity index (χ4v) is 11.7. The minimum Gasteiger partial charge on any atom is -0.323 e. The van der Waals surface area contributed by atoms with Crippen LogP contribution in [0.5, 0.6) is 0 Å². The molecule has 0 saturated carbocycles. The zero-order valence-electron chi connectivity index (χ0n) is 35.0. The second-order valence-corrected chi connectivity index (χ2v) is 38.7. The van der Waals surface area contributed by atoms with Gasteiger partial charge in [-0.1, -0.05) is 81.0 Å². The van der Waals surface area contributed by atoms with Gasteiger partial charge in [0.2, 0.25) is 0 Å². The van der Waals surface area contributed by atoms with E-state index in [1.54, 1.807) is 26.7 Å². The fraction of sp³-hybridized carbons (Fsp3) is 0.871. The average Bonchev–Trinajstić information content (AvgIpc) is 3.47. The van der Waals surface area contributed by atoms with Gasteiger partial charge in [-0.2, -0.15) is 0 Å². The van der Waals surface area contributed by atoms with Crippen molar-refractivity contribution in [3.05, 3.63) is 22.3 Å². The number of hydrogen-bond donors (Lipinski definition) is 0. The van der Waals surface area contributed by atoms with Crippen LogP contribution in [-0.4, -0.2) is 128 Å². The highest BCUT2D eigenvalue weighted by Gasteiger charge is 2.29. The van der Waals surface area contributed by atoms with Gasteiger partial charge in [-0.05, 0) is 45.0 Å². The zero-order chi connectivity index (χ0) is 41.6. The van der Waals surface area contributed by atoms with E-state index in [1.807, 2.05) is 15.8 Å². The van der Waals surface area contributed by atoms with Gasteiger partial charge in [0.05, 0.1) is 25.4 Å². The Kier molecular flexibility index (Phi) is 26.5. The number of hydrogen-bond acceptors (Lipinski definition) is 13. The van der Waals surface area contributed by atoms with Gasteiger partial charge in [-0.25, -0.2) is 0 Å². The predicted molar refractivity (Wildman–Crippen MR) is 227 cm³/mol. The predicted octanol–water partition coefficient (Wildman–Crippen LogP) is 9.54. The average molecular weight is 863 g/mol. The summed E-state index contributed by atoms with van der Waals surface area (Å²) in [6.07, 6.45) is 12.2. The van der Waals surface area contributed by atoms with Crippen LogP contribution in [-0.2, 0) is 49.4 Å². The quantitative estimate of drug-likeness (QED) is 0.0140. The number of azide groups is 1. The zero-order valence-corrected chi connectivity index (χ0v) is 40.6. The van der Waals surface area contributed by atoms with E-state index < -0.39 is 45.6 Å². The summed E-state index contributed by atoms with van der Waals surface area (Å²) in [5, 5.41) is 11.9. The number of terminal acetylenes is 1. The largest absolute Gasteiger partial charge is 0.349 e. The Morgan fingerprint density at radius 3 is 1.68 bits per heavy atom. The van der Waals surface area contributed by atoms with E-state index in [4.69, 9.17) is 30.0 Å². The number of aryl methyl sites for hydroxylation is 1. The molecule has 310 valence electrons. The van der Waals surface area contributed by atoms with Crippen LogP contribution in [0.1, 0.15) is 31.4 Å². The molecule has 0 bridgehead atoms. The second kappa shape index (κ2) is 26.0. The highest BCUT2D eigenvalue weighted by atomic mass is 31.2. The van der Waals surface area contributed by atoms with Gasteiger partial charge in [0.1, 0.15) is 19.7 Å². The monoisotopic (exact) mass is 862 g/mol. The first-order chi connectivity index (χ1) is 24.2. The van der Waals surface area contributed by atoms with Gasteiger partial charge in [-0.3, -0.25) is 18.7 Å². The first-order valence-corrected chi connectivity index (χ1v) is 33.9. The van der Waals surface area contributed by atoms with Crippen molar-refractivity contribution in [3.8, 4) is 12.5 Å². The normalized spacial score (nSPS) is 12.6. The van der Waals surface area contributed by atoms with Crippen molar-refractivity contribution in [1.82, 2.24) is 24.8 Å². The van der Waals surface area contributed by atoms with Crippen molar-refractivity contribution in [2.24, 2.45) is 5.11 Å². The van der Waals surface area contributed by atoms with Crippen molar-refractivity contribution < 1.29 is 36.4 Å². The summed E-state index contributed by atoms with van der Waals surface area (Å²) in [4.78, 5) is 5.88. The van der Waals surface area contributed by atoms with Crippen molar-refractivity contribution in [1.29, 1.82) is 0 Å². The minimum absolute atomic E-state index is 0.0534. The lowest BCUT2D eigenvalue weighted by Crippen LogP contribution is -2.26. The molecule has 0 fully saturated rings. The third-order valence-electron chi connectivity index (χ3n) is 7.10. The molecule has 16 nitrogen and oxygen atoms in total. The van der Waals surface area contributed by atoms with Gasteiger partial charge in [-0.15, -0.1) is 5.10 Å². The highest BCUT2D eigenvalue weighted by Crippen LogP contribution is 2.49. The SMILES string of the molecule is C#CN(CP(C)(C)=O)CP(=O)(OC)OC.COP(=O)(CN(Cc1cn(CCCC[Si](C)(C)C)nn1)CP(C)(C)=O)OC.C[Si](C)(C)CCCCN=[N+]=[N-]. The maximum Gasteiger partial charge on any atom is 0.349 e. The smallest absolute Gasteiger partial charge is 0.323 e. The maximum atomic E-state index is 12.5. The number of rotatable bonds is 24. The molecule has 0 aliphatic heterocycles. The third-order valence-corrected chi connectivity index (χ3v) is 16.6. The number of unbranched alkanes of at least 4 members (excludes halogenated alkanes) is 2. The van der Waals surface area contributed by atoms with Gasteiger partial charge in [0, 0.05) is 81.4 Å². The Bertz CT molecular complexity index is 1450. The Morgan fingerprint density at radius 1 is 0.792 bits per heavy atom. The van der Waals surface area contributed by atoms with Crippen LogP contribution in [0.2, 0.25) is 51.4 Å². The molecule has 1 aromatic rings. The lowest BCUT2D eigenvalue weighted by Gasteiger charge is -2.26. The highest BCUT2D eigenvalue weighted by molar-refractivity contribution is 7.62. The Labute approximate surface area is 322 Å². The van der Waals surface area contributed by atoms with E-state index in [0.29, 0.717) is 19.4 Å². The van der Waals surface area contributed by atoms with E-state index in [1.165, 1.54) is 58.3 Å². The molecule has 1 heterocycles. The Balaban J connectivity index is 0. The summed E-state index contributed by atoms with van der Waals surface area (Å²) in [5.74, 6) is 0. The van der Waals surface area contributed by atoms with Crippen LogP contribution in [0.25, 0.3) is 10.4 Å². The maximum absolute atomic E-state index is 12.5. The van der Waals surface area contributed by atoms with Gasteiger partial charge >= 0.3 is 15.2 Å². The Hall–Kier alpha value is -1.04. The minimum atomic E-state index is -3.24. The van der Waals surface area contributed by atoms with Crippen molar-refractivity contribution >= 4 is 45.6 Å². The Morgan fingerprint density at radius 2 is 1.26 bits per heavy atom. The number of nitrogens with zero attached hydrogens (tertiary/aromatic N) is 8. The summed E-state index contributed by atoms with van der Waals surface area (Å²) in [6.45, 7) is 22.8. The topological polar surface area (TPSA) is 191 Å². The molecule has 0 radical (unpaired) electrons. The van der Waals surface area contributed by atoms with Gasteiger partial charge < -0.3 is 32.1 Å². The van der Waals surface area contributed by atoms with Crippen LogP contribution in [0.4, 0.5) is 0 Å². The molecule has 22 heteroatoms. The lowest BCUT2D eigenvalue weighted by molar-refractivity contribution is 0.242. The molecule has 0 aliphatic carbocycles. The molecule has 0 aromatic carbocycles. The van der Waals surface area contributed by atoms with Crippen LogP contribution >= 0.6 is 29.5 Å². The van der Waals surface area contributed by atoms with E-state index >= 15 is 0 Å². The van der Waals surface area contributed by atoms with Crippen molar-refractivity contribution in [2.75, 3.05) is 86.8 Å². The summed E-state index contributed by atoms with van der Waals surface area (Å²) >= 11 is 0. The molecular weight excluding hydrogens is 792 g/mol. The van der Waals surface area contributed by atoms with Gasteiger partial charge in [0.15, 0.2) is 0 Å². The van der Waals surface area contributed by atoms with Crippen molar-refractivity contribution in [3.63, 3.8) is 0 Å². The summed E-state index contributed by atoms with van der Waals surface area (Å²) in [5.41, 5.74) is 8.75. The lowest BCUT2D eigenvalue weighted by atomic mass is 10.3. The van der Waals surface area contributed by atoms with Crippen LogP contribution < -0.4 is 0 Å². The molecule has 0 amide bonds. The van der Waals surface area contributed by atoms with Crippen molar-refractivity contribution in [2.45, 2.75) is 90.1 Å². The van der Waals surface area contributed by atoms with Crippen LogP contribution in [0, 0.1) is 12.5 Å². The molecule has 0 saturated heterocycles.